The second-order valence-electron chi connectivity index (χ2n) is 8.04. The number of likely N-dealkylation sites (tertiary alicyclic amines) is 1. The van der Waals surface area contributed by atoms with Crippen LogP contribution in [-0.2, 0) is 14.9 Å². The predicted octanol–water partition coefficient (Wildman–Crippen LogP) is 2.64. The number of aliphatic hydroxyl groups is 1. The first-order chi connectivity index (χ1) is 11.5. The lowest BCUT2D eigenvalue weighted by atomic mass is 9.75. The van der Waals surface area contributed by atoms with Crippen LogP contribution in [0, 0.1) is 0 Å². The van der Waals surface area contributed by atoms with Crippen molar-refractivity contribution in [2.75, 3.05) is 19.7 Å². The Bertz CT molecular complexity index is 617. The van der Waals surface area contributed by atoms with Crippen LogP contribution in [0.1, 0.15) is 51.0 Å². The summed E-state index contributed by atoms with van der Waals surface area (Å²) in [6.45, 7) is 3.65. The molecule has 4 nitrogen and oxygen atoms in total. The van der Waals surface area contributed by atoms with Crippen LogP contribution in [0.5, 0.6) is 0 Å². The molecular formula is C20H27NO3. The van der Waals surface area contributed by atoms with Crippen molar-refractivity contribution < 1.29 is 14.6 Å². The molecule has 2 heterocycles. The molecule has 1 aromatic rings. The first-order valence-corrected chi connectivity index (χ1v) is 9.22. The molecule has 3 fully saturated rings. The lowest BCUT2D eigenvalue weighted by Gasteiger charge is -2.50. The molecule has 1 amide bonds. The van der Waals surface area contributed by atoms with Crippen LogP contribution in [-0.4, -0.2) is 46.8 Å². The van der Waals surface area contributed by atoms with Crippen molar-refractivity contribution in [2.45, 2.75) is 62.1 Å². The number of amides is 1. The Morgan fingerprint density at radius 1 is 1.21 bits per heavy atom. The zero-order valence-electron chi connectivity index (χ0n) is 14.5. The molecule has 1 atom stereocenters. The summed E-state index contributed by atoms with van der Waals surface area (Å²) in [5.41, 5.74) is -0.204. The molecule has 2 saturated heterocycles. The molecule has 4 heteroatoms. The predicted molar refractivity (Wildman–Crippen MR) is 91.7 cm³/mol. The Morgan fingerprint density at radius 2 is 1.88 bits per heavy atom. The Hall–Kier alpha value is -1.39. The molecule has 0 bridgehead atoms. The second kappa shape index (κ2) is 5.57. The van der Waals surface area contributed by atoms with Gasteiger partial charge >= 0.3 is 0 Å². The van der Waals surface area contributed by atoms with Crippen molar-refractivity contribution in [3.63, 3.8) is 0 Å². The molecule has 3 aliphatic rings. The van der Waals surface area contributed by atoms with Crippen LogP contribution < -0.4 is 0 Å². The van der Waals surface area contributed by atoms with E-state index in [0.717, 1.165) is 31.2 Å². The summed E-state index contributed by atoms with van der Waals surface area (Å²) >= 11 is 0. The van der Waals surface area contributed by atoms with Gasteiger partial charge in [0.15, 0.2) is 0 Å². The maximum Gasteiger partial charge on any atom is 0.233 e. The molecule has 1 N–H and O–H groups in total. The van der Waals surface area contributed by atoms with E-state index in [4.69, 9.17) is 4.74 Å². The average molecular weight is 329 g/mol. The first kappa shape index (κ1) is 16.1. The van der Waals surface area contributed by atoms with Gasteiger partial charge < -0.3 is 14.7 Å². The van der Waals surface area contributed by atoms with Gasteiger partial charge in [-0.15, -0.1) is 0 Å². The van der Waals surface area contributed by atoms with Gasteiger partial charge in [-0.25, -0.2) is 0 Å². The van der Waals surface area contributed by atoms with E-state index in [1.807, 2.05) is 30.0 Å². The molecule has 1 spiro atoms. The number of carbonyl (C=O) groups excluding carboxylic acids is 1. The summed E-state index contributed by atoms with van der Waals surface area (Å²) < 4.78 is 5.92. The van der Waals surface area contributed by atoms with Crippen LogP contribution in [0.3, 0.4) is 0 Å². The number of carbonyl (C=O) groups is 1. The molecule has 24 heavy (non-hydrogen) atoms. The zero-order chi connectivity index (χ0) is 16.8. The zero-order valence-corrected chi connectivity index (χ0v) is 14.5. The van der Waals surface area contributed by atoms with Crippen LogP contribution >= 0.6 is 0 Å². The summed E-state index contributed by atoms with van der Waals surface area (Å²) in [6.07, 6.45) is 5.48. The fourth-order valence-corrected chi connectivity index (χ4v) is 4.88. The van der Waals surface area contributed by atoms with Crippen LogP contribution in [0.2, 0.25) is 0 Å². The molecule has 0 radical (unpaired) electrons. The Kier molecular flexibility index (Phi) is 3.73. The lowest BCUT2D eigenvalue weighted by molar-refractivity contribution is -0.163. The quantitative estimate of drug-likeness (QED) is 0.927. The molecule has 4 rings (SSSR count). The van der Waals surface area contributed by atoms with Crippen molar-refractivity contribution in [1.29, 1.82) is 0 Å². The number of rotatable bonds is 3. The van der Waals surface area contributed by atoms with E-state index in [2.05, 4.69) is 12.1 Å². The van der Waals surface area contributed by atoms with Gasteiger partial charge in [0.2, 0.25) is 5.91 Å². The molecule has 1 aromatic carbocycles. The lowest BCUT2D eigenvalue weighted by Crippen LogP contribution is -2.66. The first-order valence-electron chi connectivity index (χ1n) is 9.22. The number of ether oxygens (including phenoxy) is 1. The largest absolute Gasteiger partial charge is 0.387 e. The standard InChI is InChI=1S/C20H27NO3/c1-2-18(23)12-19(24-15-18)13-21(14-19)17(22)20(10-6-7-11-20)16-8-4-3-5-9-16/h3-5,8-9,23H,2,6-7,10-15H2,1H3. The van der Waals surface area contributed by atoms with E-state index in [1.165, 1.54) is 0 Å². The minimum atomic E-state index is -0.709. The van der Waals surface area contributed by atoms with Gasteiger partial charge in [0.1, 0.15) is 5.60 Å². The van der Waals surface area contributed by atoms with Crippen molar-refractivity contribution >= 4 is 5.91 Å². The van der Waals surface area contributed by atoms with Gasteiger partial charge in [0, 0.05) is 6.42 Å². The molecule has 0 aromatic heterocycles. The van der Waals surface area contributed by atoms with E-state index in [9.17, 15) is 9.90 Å². The van der Waals surface area contributed by atoms with Gasteiger partial charge in [0.25, 0.3) is 0 Å². The van der Waals surface area contributed by atoms with E-state index in [-0.39, 0.29) is 16.9 Å². The highest BCUT2D eigenvalue weighted by atomic mass is 16.5. The molecule has 130 valence electrons. The summed E-state index contributed by atoms with van der Waals surface area (Å²) in [4.78, 5) is 15.3. The van der Waals surface area contributed by atoms with Gasteiger partial charge in [-0.1, -0.05) is 50.1 Å². The molecule has 2 aliphatic heterocycles. The Labute approximate surface area is 143 Å². The highest BCUT2D eigenvalue weighted by Crippen LogP contribution is 2.47. The number of hydrogen-bond donors (Lipinski definition) is 1. The smallest absolute Gasteiger partial charge is 0.233 e. The van der Waals surface area contributed by atoms with E-state index < -0.39 is 5.60 Å². The monoisotopic (exact) mass is 329 g/mol. The van der Waals surface area contributed by atoms with Crippen molar-refractivity contribution in [1.82, 2.24) is 4.90 Å². The van der Waals surface area contributed by atoms with Gasteiger partial charge in [0.05, 0.1) is 30.7 Å². The fraction of sp³-hybridized carbons (Fsp3) is 0.650. The second-order valence-corrected chi connectivity index (χ2v) is 8.04. The summed E-state index contributed by atoms with van der Waals surface area (Å²) in [5.74, 6) is 0.257. The van der Waals surface area contributed by atoms with E-state index in [0.29, 0.717) is 32.5 Å². The maximum absolute atomic E-state index is 13.3. The molecular weight excluding hydrogens is 302 g/mol. The SMILES string of the molecule is CCC1(O)COC2(CN(C(=O)C3(c4ccccc4)CCCC3)C2)C1. The Balaban J connectivity index is 1.51. The number of benzene rings is 1. The third-order valence-corrected chi connectivity index (χ3v) is 6.39. The highest BCUT2D eigenvalue weighted by Gasteiger charge is 2.58. The van der Waals surface area contributed by atoms with E-state index in [1.54, 1.807) is 0 Å². The Morgan fingerprint density at radius 3 is 2.46 bits per heavy atom. The fourth-order valence-electron chi connectivity index (χ4n) is 4.88. The number of hydrogen-bond acceptors (Lipinski definition) is 3. The van der Waals surface area contributed by atoms with Crippen molar-refractivity contribution in [3.8, 4) is 0 Å². The molecule has 1 unspecified atom stereocenters. The van der Waals surface area contributed by atoms with Crippen LogP contribution in [0.25, 0.3) is 0 Å². The summed E-state index contributed by atoms with van der Waals surface area (Å²) in [6, 6.07) is 10.3. The van der Waals surface area contributed by atoms with Crippen molar-refractivity contribution in [3.05, 3.63) is 35.9 Å². The summed E-state index contributed by atoms with van der Waals surface area (Å²) in [7, 11) is 0. The topological polar surface area (TPSA) is 49.8 Å². The third-order valence-electron chi connectivity index (χ3n) is 6.39. The van der Waals surface area contributed by atoms with Crippen LogP contribution in [0.4, 0.5) is 0 Å². The number of nitrogens with zero attached hydrogens (tertiary/aromatic N) is 1. The molecule has 1 saturated carbocycles. The van der Waals surface area contributed by atoms with E-state index >= 15 is 0 Å². The normalized spacial score (nSPS) is 30.5. The highest BCUT2D eigenvalue weighted by molar-refractivity contribution is 5.89. The van der Waals surface area contributed by atoms with Gasteiger partial charge in [-0.2, -0.15) is 0 Å². The average Bonchev–Trinajstić information content (AvgIpc) is 3.20. The van der Waals surface area contributed by atoms with Crippen LogP contribution in [0.15, 0.2) is 30.3 Å². The molecule has 1 aliphatic carbocycles. The minimum Gasteiger partial charge on any atom is -0.387 e. The minimum absolute atomic E-state index is 0.257. The van der Waals surface area contributed by atoms with Gasteiger partial charge in [-0.05, 0) is 24.8 Å². The maximum atomic E-state index is 13.3. The third kappa shape index (κ3) is 2.39. The summed E-state index contributed by atoms with van der Waals surface area (Å²) in [5, 5.41) is 10.4. The van der Waals surface area contributed by atoms with Crippen molar-refractivity contribution in [2.24, 2.45) is 0 Å². The van der Waals surface area contributed by atoms with Gasteiger partial charge in [-0.3, -0.25) is 4.79 Å².